The van der Waals surface area contributed by atoms with Gasteiger partial charge in [0.1, 0.15) is 17.5 Å². The molecule has 2 aliphatic heterocycles. The fourth-order valence-corrected chi connectivity index (χ4v) is 5.26. The van der Waals surface area contributed by atoms with Crippen LogP contribution < -0.4 is 25.2 Å². The zero-order chi connectivity index (χ0) is 23.1. The summed E-state index contributed by atoms with van der Waals surface area (Å²) in [5, 5.41) is 0. The van der Waals surface area contributed by atoms with Crippen molar-refractivity contribution in [3.8, 4) is 11.5 Å². The Balaban J connectivity index is 1.66. The van der Waals surface area contributed by atoms with Crippen LogP contribution in [-0.4, -0.2) is 26.2 Å². The van der Waals surface area contributed by atoms with Crippen LogP contribution in [0.15, 0.2) is 71.2 Å². The van der Waals surface area contributed by atoms with Crippen LogP contribution in [-0.2, 0) is 4.79 Å². The molecule has 5 rings (SSSR count). The number of fused-ring (bicyclic) bond motifs is 1. The van der Waals surface area contributed by atoms with Crippen LogP contribution >= 0.6 is 15.9 Å². The number of anilines is 1. The van der Waals surface area contributed by atoms with Crippen LogP contribution in [0, 0.1) is 12.8 Å². The van der Waals surface area contributed by atoms with Gasteiger partial charge >= 0.3 is 0 Å². The minimum absolute atomic E-state index is 0.0406. The molecule has 33 heavy (non-hydrogen) atoms. The topological polar surface area (TPSA) is 62.8 Å². The van der Waals surface area contributed by atoms with E-state index in [4.69, 9.17) is 9.47 Å². The SMILES string of the molecule is COc1ccc(C2C3C(NNC3c3ccc(Br)cc3)C(=O)N2c2ccc(C)cc2)c(OC)c1. The summed E-state index contributed by atoms with van der Waals surface area (Å²) in [5.74, 6) is 1.40. The quantitative estimate of drug-likeness (QED) is 0.524. The van der Waals surface area contributed by atoms with Crippen molar-refractivity contribution in [1.29, 1.82) is 0 Å². The van der Waals surface area contributed by atoms with Crippen molar-refractivity contribution < 1.29 is 14.3 Å². The van der Waals surface area contributed by atoms with Crippen LogP contribution in [0.2, 0.25) is 0 Å². The number of ether oxygens (including phenoxy) is 2. The van der Waals surface area contributed by atoms with Crippen molar-refractivity contribution in [2.24, 2.45) is 5.92 Å². The summed E-state index contributed by atoms with van der Waals surface area (Å²) in [6.45, 7) is 2.04. The number of hydrogen-bond acceptors (Lipinski definition) is 5. The van der Waals surface area contributed by atoms with Crippen LogP contribution in [0.4, 0.5) is 5.69 Å². The largest absolute Gasteiger partial charge is 0.497 e. The van der Waals surface area contributed by atoms with E-state index in [1.165, 1.54) is 0 Å². The highest BCUT2D eigenvalue weighted by Crippen LogP contribution is 2.51. The highest BCUT2D eigenvalue weighted by Gasteiger charge is 2.56. The zero-order valence-electron chi connectivity index (χ0n) is 18.7. The van der Waals surface area contributed by atoms with Crippen molar-refractivity contribution in [3.63, 3.8) is 0 Å². The minimum atomic E-state index is -0.364. The molecular weight excluding hydrogens is 482 g/mol. The number of nitrogens with one attached hydrogen (secondary N) is 2. The van der Waals surface area contributed by atoms with Gasteiger partial charge in [-0.1, -0.05) is 45.8 Å². The zero-order valence-corrected chi connectivity index (χ0v) is 20.3. The standard InChI is InChI=1S/C26H26BrN3O3/c1-15-4-10-18(11-5-15)30-25(20-13-12-19(32-2)14-21(20)33-3)22-23(28-29-24(22)26(30)31)16-6-8-17(27)9-7-16/h4-14,22-25,28-29H,1-3H3. The van der Waals surface area contributed by atoms with Crippen LogP contribution in [0.5, 0.6) is 11.5 Å². The van der Waals surface area contributed by atoms with E-state index in [1.807, 2.05) is 66.4 Å². The number of carbonyl (C=O) groups is 1. The Morgan fingerprint density at radius 2 is 1.58 bits per heavy atom. The van der Waals surface area contributed by atoms with Crippen molar-refractivity contribution in [2.45, 2.75) is 25.0 Å². The van der Waals surface area contributed by atoms with Gasteiger partial charge in [-0.3, -0.25) is 4.79 Å². The number of halogens is 1. The van der Waals surface area contributed by atoms with Gasteiger partial charge in [0.25, 0.3) is 0 Å². The molecule has 0 saturated carbocycles. The second-order valence-electron chi connectivity index (χ2n) is 8.47. The molecule has 3 aromatic carbocycles. The number of methoxy groups -OCH3 is 2. The van der Waals surface area contributed by atoms with Gasteiger partial charge in [-0.2, -0.15) is 0 Å². The third-order valence-electron chi connectivity index (χ3n) is 6.61. The second-order valence-corrected chi connectivity index (χ2v) is 9.39. The monoisotopic (exact) mass is 507 g/mol. The highest BCUT2D eigenvalue weighted by atomic mass is 79.9. The first-order valence-corrected chi connectivity index (χ1v) is 11.7. The fraction of sp³-hybridized carbons (Fsp3) is 0.269. The molecule has 0 aromatic heterocycles. The Hall–Kier alpha value is -2.87. The molecule has 170 valence electrons. The summed E-state index contributed by atoms with van der Waals surface area (Å²) in [7, 11) is 3.29. The average Bonchev–Trinajstić information content (AvgIpc) is 3.39. The number of aryl methyl sites for hydroxylation is 1. The first-order valence-electron chi connectivity index (χ1n) is 10.9. The van der Waals surface area contributed by atoms with Gasteiger partial charge in [0.05, 0.1) is 26.3 Å². The molecule has 2 heterocycles. The summed E-state index contributed by atoms with van der Waals surface area (Å²) in [5.41, 5.74) is 10.8. The maximum atomic E-state index is 13.8. The fourth-order valence-electron chi connectivity index (χ4n) is 4.99. The Bertz CT molecular complexity index is 1170. The van der Waals surface area contributed by atoms with Gasteiger partial charge in [0.2, 0.25) is 5.91 Å². The first kappa shape index (κ1) is 21.9. The van der Waals surface area contributed by atoms with Gasteiger partial charge in [0, 0.05) is 27.7 Å². The Labute approximate surface area is 202 Å². The van der Waals surface area contributed by atoms with Gasteiger partial charge in [-0.15, -0.1) is 0 Å². The molecule has 4 unspecified atom stereocenters. The Morgan fingerprint density at radius 1 is 0.879 bits per heavy atom. The third kappa shape index (κ3) is 3.80. The molecule has 2 saturated heterocycles. The summed E-state index contributed by atoms with van der Waals surface area (Å²) >= 11 is 3.52. The molecule has 3 aromatic rings. The Morgan fingerprint density at radius 3 is 2.24 bits per heavy atom. The number of hydrazine groups is 1. The molecule has 0 radical (unpaired) electrons. The predicted octanol–water partition coefficient (Wildman–Crippen LogP) is 4.70. The molecule has 0 aliphatic carbocycles. The van der Waals surface area contributed by atoms with E-state index >= 15 is 0 Å². The minimum Gasteiger partial charge on any atom is -0.497 e. The Kier molecular flexibility index (Phi) is 5.86. The van der Waals surface area contributed by atoms with Gasteiger partial charge in [0.15, 0.2) is 0 Å². The van der Waals surface area contributed by atoms with E-state index in [-0.39, 0.29) is 30.0 Å². The summed E-state index contributed by atoms with van der Waals surface area (Å²) in [6, 6.07) is 21.5. The lowest BCUT2D eigenvalue weighted by atomic mass is 9.83. The summed E-state index contributed by atoms with van der Waals surface area (Å²) in [4.78, 5) is 15.7. The van der Waals surface area contributed by atoms with E-state index in [0.717, 1.165) is 26.9 Å². The van der Waals surface area contributed by atoms with Gasteiger partial charge in [-0.05, 0) is 48.9 Å². The van der Waals surface area contributed by atoms with Crippen LogP contribution in [0.1, 0.15) is 28.8 Å². The number of carbonyl (C=O) groups excluding carboxylic acids is 1. The van der Waals surface area contributed by atoms with Crippen molar-refractivity contribution in [1.82, 2.24) is 10.9 Å². The predicted molar refractivity (Wildman–Crippen MR) is 131 cm³/mol. The number of benzene rings is 3. The van der Waals surface area contributed by atoms with Gasteiger partial charge in [-0.25, -0.2) is 10.9 Å². The summed E-state index contributed by atoms with van der Waals surface area (Å²) in [6.07, 6.45) is 0. The van der Waals surface area contributed by atoms with Crippen molar-refractivity contribution >= 4 is 27.5 Å². The smallest absolute Gasteiger partial charge is 0.246 e. The third-order valence-corrected chi connectivity index (χ3v) is 7.14. The van der Waals surface area contributed by atoms with Crippen LogP contribution in [0.25, 0.3) is 0 Å². The molecule has 1 amide bonds. The first-order chi connectivity index (χ1) is 16.0. The molecular formula is C26H26BrN3O3. The van der Waals surface area contributed by atoms with E-state index in [2.05, 4.69) is 38.9 Å². The highest BCUT2D eigenvalue weighted by molar-refractivity contribution is 9.10. The number of rotatable bonds is 5. The van der Waals surface area contributed by atoms with E-state index in [1.54, 1.807) is 14.2 Å². The average molecular weight is 508 g/mol. The maximum absolute atomic E-state index is 13.8. The lowest BCUT2D eigenvalue weighted by Crippen LogP contribution is -2.41. The number of amides is 1. The molecule has 2 fully saturated rings. The van der Waals surface area contributed by atoms with Crippen LogP contribution in [0.3, 0.4) is 0 Å². The second kappa shape index (κ2) is 8.82. The maximum Gasteiger partial charge on any atom is 0.246 e. The lowest BCUT2D eigenvalue weighted by Gasteiger charge is -2.32. The lowest BCUT2D eigenvalue weighted by molar-refractivity contribution is -0.119. The number of nitrogens with zero attached hydrogens (tertiary/aromatic N) is 1. The van der Waals surface area contributed by atoms with E-state index in [0.29, 0.717) is 11.5 Å². The molecule has 7 heteroatoms. The summed E-state index contributed by atoms with van der Waals surface area (Å²) < 4.78 is 12.2. The van der Waals surface area contributed by atoms with Gasteiger partial charge < -0.3 is 14.4 Å². The normalized spacial score (nSPS) is 24.1. The molecule has 4 atom stereocenters. The van der Waals surface area contributed by atoms with Crippen molar-refractivity contribution in [3.05, 3.63) is 87.9 Å². The van der Waals surface area contributed by atoms with Crippen molar-refractivity contribution in [2.75, 3.05) is 19.1 Å². The molecule has 0 spiro atoms. The molecule has 0 bridgehead atoms. The number of hydrogen-bond donors (Lipinski definition) is 2. The molecule has 6 nitrogen and oxygen atoms in total. The molecule has 2 aliphatic rings. The van der Waals surface area contributed by atoms with E-state index in [9.17, 15) is 4.79 Å². The van der Waals surface area contributed by atoms with E-state index < -0.39 is 0 Å². The molecule has 2 N–H and O–H groups in total.